The Labute approximate surface area is 99.2 Å². The van der Waals surface area contributed by atoms with Gasteiger partial charge >= 0.3 is 0 Å². The topological polar surface area (TPSA) is 0 Å². The zero-order chi connectivity index (χ0) is 9.78. The predicted octanol–water partition coefficient (Wildman–Crippen LogP) is 4.30. The molecule has 0 nitrogen and oxygen atoms in total. The molecule has 0 aromatic carbocycles. The Balaban J connectivity index is 2.91. The molecule has 0 bridgehead atoms. The van der Waals surface area contributed by atoms with Crippen LogP contribution in [-0.2, 0) is 0 Å². The van der Waals surface area contributed by atoms with Crippen LogP contribution < -0.4 is 0 Å². The number of rotatable bonds is 2. The predicted molar refractivity (Wildman–Crippen MR) is 71.4 cm³/mol. The zero-order valence-electron chi connectivity index (χ0n) is 8.54. The monoisotopic (exact) mass is 360 g/mol. The van der Waals surface area contributed by atoms with Crippen LogP contribution in [0, 0.1) is 5.92 Å². The zero-order valence-corrected chi connectivity index (χ0v) is 13.3. The molecule has 1 unspecified atom stereocenters. The van der Waals surface area contributed by atoms with E-state index in [0.29, 0.717) is 9.36 Å². The van der Waals surface area contributed by atoms with Gasteiger partial charge in [-0.2, -0.15) is 0 Å². The minimum atomic E-state index is -1.02. The lowest BCUT2D eigenvalue weighted by Gasteiger charge is -2.28. The SMILES string of the molecule is CC1(Br)[C@H](CI)[C@]1(C)[Si](C)(C)C. The molecule has 1 aliphatic carbocycles. The molecule has 0 heterocycles. The molecule has 0 saturated heterocycles. The molecule has 0 spiro atoms. The molecule has 0 radical (unpaired) electrons. The maximum absolute atomic E-state index is 3.90. The summed E-state index contributed by atoms with van der Waals surface area (Å²) < 4.78 is 1.71. The van der Waals surface area contributed by atoms with Crippen LogP contribution in [0.3, 0.4) is 0 Å². The van der Waals surface area contributed by atoms with Gasteiger partial charge in [0, 0.05) is 8.75 Å². The second-order valence-electron chi connectivity index (χ2n) is 5.23. The van der Waals surface area contributed by atoms with E-state index >= 15 is 0 Å². The summed E-state index contributed by atoms with van der Waals surface area (Å²) in [6.07, 6.45) is 0. The van der Waals surface area contributed by atoms with E-state index in [-0.39, 0.29) is 0 Å². The van der Waals surface area contributed by atoms with Gasteiger partial charge in [-0.25, -0.2) is 0 Å². The number of alkyl halides is 2. The van der Waals surface area contributed by atoms with Gasteiger partial charge in [0.05, 0.1) is 8.07 Å². The summed E-state index contributed by atoms with van der Waals surface area (Å²) >= 11 is 6.42. The Hall–Kier alpha value is 1.43. The maximum atomic E-state index is 3.90. The lowest BCUT2D eigenvalue weighted by Crippen LogP contribution is -2.32. The van der Waals surface area contributed by atoms with E-state index in [1.807, 2.05) is 0 Å². The summed E-state index contributed by atoms with van der Waals surface area (Å²) in [4.78, 5) is 0. The van der Waals surface area contributed by atoms with Crippen molar-refractivity contribution in [3.63, 3.8) is 0 Å². The Morgan fingerprint density at radius 1 is 1.33 bits per heavy atom. The van der Waals surface area contributed by atoms with Gasteiger partial charge in [-0.15, -0.1) is 0 Å². The van der Waals surface area contributed by atoms with Gasteiger partial charge in [-0.1, -0.05) is 65.1 Å². The molecule has 0 amide bonds. The molecular weight excluding hydrogens is 343 g/mol. The Bertz CT molecular complexity index is 197. The van der Waals surface area contributed by atoms with Crippen molar-refractivity contribution in [1.82, 2.24) is 0 Å². The maximum Gasteiger partial charge on any atom is 0.0524 e. The fraction of sp³-hybridized carbons (Fsp3) is 1.00. The van der Waals surface area contributed by atoms with Crippen molar-refractivity contribution >= 4 is 46.6 Å². The molecule has 3 atom stereocenters. The molecule has 3 heteroatoms. The summed E-state index contributed by atoms with van der Waals surface area (Å²) in [5.74, 6) is 0.886. The van der Waals surface area contributed by atoms with Crippen LogP contribution >= 0.6 is 38.5 Å². The van der Waals surface area contributed by atoms with Gasteiger partial charge in [-0.05, 0) is 17.9 Å². The molecule has 0 aromatic rings. The van der Waals surface area contributed by atoms with Gasteiger partial charge in [0.15, 0.2) is 0 Å². The molecule has 1 rings (SSSR count). The van der Waals surface area contributed by atoms with Gasteiger partial charge in [0.1, 0.15) is 0 Å². The highest BCUT2D eigenvalue weighted by Crippen LogP contribution is 2.77. The Kier molecular flexibility index (Phi) is 2.83. The average Bonchev–Trinajstić information content (AvgIpc) is 2.28. The van der Waals surface area contributed by atoms with Gasteiger partial charge < -0.3 is 0 Å². The minimum absolute atomic E-state index is 0.422. The molecule has 1 aliphatic rings. The Morgan fingerprint density at radius 2 is 1.75 bits per heavy atom. The third-order valence-corrected chi connectivity index (χ3v) is 10.6. The smallest absolute Gasteiger partial charge is 0.0524 e. The number of halogens is 2. The molecule has 0 N–H and O–H groups in total. The van der Waals surface area contributed by atoms with Crippen molar-refractivity contribution in [2.45, 2.75) is 42.9 Å². The van der Waals surface area contributed by atoms with Crippen LogP contribution in [0.15, 0.2) is 0 Å². The van der Waals surface area contributed by atoms with Crippen LogP contribution in [0.2, 0.25) is 24.7 Å². The van der Waals surface area contributed by atoms with Crippen LogP contribution in [0.4, 0.5) is 0 Å². The standard InChI is InChI=1S/C9H18BrISi/c1-8(10)7(6-11)9(8,2)12(3,4)5/h7H,6H2,1-5H3/t7-,8?,9-/m0/s1. The third-order valence-electron chi connectivity index (χ3n) is 4.00. The van der Waals surface area contributed by atoms with Crippen molar-refractivity contribution in [3.05, 3.63) is 0 Å². The van der Waals surface area contributed by atoms with Crippen LogP contribution in [0.5, 0.6) is 0 Å². The van der Waals surface area contributed by atoms with E-state index < -0.39 is 8.07 Å². The first-order valence-corrected chi connectivity index (χ1v) is 10.3. The fourth-order valence-corrected chi connectivity index (χ4v) is 11.0. The number of hydrogen-bond donors (Lipinski definition) is 0. The van der Waals surface area contributed by atoms with E-state index in [4.69, 9.17) is 0 Å². The highest BCUT2D eigenvalue weighted by Gasteiger charge is 2.73. The molecule has 1 saturated carbocycles. The highest BCUT2D eigenvalue weighted by molar-refractivity contribution is 14.1. The first-order chi connectivity index (χ1) is 5.19. The van der Waals surface area contributed by atoms with Crippen molar-refractivity contribution in [2.75, 3.05) is 4.43 Å². The average molecular weight is 361 g/mol. The van der Waals surface area contributed by atoms with Crippen molar-refractivity contribution in [2.24, 2.45) is 5.92 Å². The van der Waals surface area contributed by atoms with Crippen LogP contribution in [0.25, 0.3) is 0 Å². The van der Waals surface area contributed by atoms with E-state index in [1.54, 1.807) is 0 Å². The van der Waals surface area contributed by atoms with E-state index in [9.17, 15) is 0 Å². The van der Waals surface area contributed by atoms with E-state index in [0.717, 1.165) is 5.92 Å². The molecule has 0 aromatic heterocycles. The second kappa shape index (κ2) is 2.96. The Morgan fingerprint density at radius 3 is 1.83 bits per heavy atom. The van der Waals surface area contributed by atoms with Gasteiger partial charge in [-0.3, -0.25) is 0 Å². The minimum Gasteiger partial charge on any atom is -0.0860 e. The quantitative estimate of drug-likeness (QED) is 0.391. The molecule has 72 valence electrons. The van der Waals surface area contributed by atoms with Crippen LogP contribution in [0.1, 0.15) is 13.8 Å². The third kappa shape index (κ3) is 1.26. The second-order valence-corrected chi connectivity index (χ2v) is 13.3. The van der Waals surface area contributed by atoms with Crippen LogP contribution in [-0.4, -0.2) is 16.8 Å². The molecule has 1 fully saturated rings. The van der Waals surface area contributed by atoms with E-state index in [2.05, 4.69) is 72.0 Å². The first kappa shape index (κ1) is 11.5. The fourth-order valence-electron chi connectivity index (χ4n) is 2.41. The summed E-state index contributed by atoms with van der Waals surface area (Å²) in [6.45, 7) is 12.3. The van der Waals surface area contributed by atoms with E-state index in [1.165, 1.54) is 4.43 Å². The summed E-state index contributed by atoms with van der Waals surface area (Å²) in [6, 6.07) is 0. The summed E-state index contributed by atoms with van der Waals surface area (Å²) in [7, 11) is -1.02. The van der Waals surface area contributed by atoms with Crippen molar-refractivity contribution < 1.29 is 0 Å². The highest BCUT2D eigenvalue weighted by atomic mass is 127. The molecule has 0 aliphatic heterocycles. The van der Waals surface area contributed by atoms with Gasteiger partial charge in [0.25, 0.3) is 0 Å². The van der Waals surface area contributed by atoms with Crippen molar-refractivity contribution in [3.8, 4) is 0 Å². The lowest BCUT2D eigenvalue weighted by atomic mass is 10.4. The summed E-state index contributed by atoms with van der Waals surface area (Å²) in [5.41, 5.74) is 0. The lowest BCUT2D eigenvalue weighted by molar-refractivity contribution is 0.834. The normalized spacial score (nSPS) is 47.8. The first-order valence-electron chi connectivity index (χ1n) is 4.44. The number of hydrogen-bond acceptors (Lipinski definition) is 0. The molecular formula is C9H18BrISi. The molecule has 12 heavy (non-hydrogen) atoms. The van der Waals surface area contributed by atoms with Crippen molar-refractivity contribution in [1.29, 1.82) is 0 Å². The van der Waals surface area contributed by atoms with Gasteiger partial charge in [0.2, 0.25) is 0 Å². The largest absolute Gasteiger partial charge is 0.0860 e. The summed E-state index contributed by atoms with van der Waals surface area (Å²) in [5, 5.41) is 0.598.